The van der Waals surface area contributed by atoms with E-state index in [9.17, 15) is 4.79 Å². The summed E-state index contributed by atoms with van der Waals surface area (Å²) in [5.41, 5.74) is -0.564. The Balaban J connectivity index is 4.51. The van der Waals surface area contributed by atoms with Gasteiger partial charge in [-0.1, -0.05) is 20.8 Å². The van der Waals surface area contributed by atoms with Gasteiger partial charge in [0.05, 0.1) is 12.0 Å². The van der Waals surface area contributed by atoms with Crippen molar-refractivity contribution in [3.63, 3.8) is 0 Å². The van der Waals surface area contributed by atoms with Crippen LogP contribution in [0.5, 0.6) is 0 Å². The largest absolute Gasteiger partial charge is 0.466 e. The Hall–Kier alpha value is -0.353. The Bertz CT molecular complexity index is 264. The predicted molar refractivity (Wildman–Crippen MR) is 73.6 cm³/mol. The van der Waals surface area contributed by atoms with Crippen molar-refractivity contribution in [1.82, 2.24) is 0 Å². The fraction of sp³-hybridized carbons (Fsp3) is 0.923. The van der Waals surface area contributed by atoms with Crippen LogP contribution in [-0.2, 0) is 14.0 Å². The first kappa shape index (κ1) is 16.6. The zero-order valence-corrected chi connectivity index (χ0v) is 13.6. The van der Waals surface area contributed by atoms with Gasteiger partial charge in [0.25, 0.3) is 0 Å². The number of carbonyl (C=O) groups excluding carboxylic acids is 1. The van der Waals surface area contributed by atoms with E-state index in [1.165, 1.54) is 0 Å². The Morgan fingerprint density at radius 1 is 1.12 bits per heavy atom. The first-order valence-electron chi connectivity index (χ1n) is 6.25. The van der Waals surface area contributed by atoms with E-state index in [4.69, 9.17) is 9.16 Å². The molecule has 0 spiro atoms. The summed E-state index contributed by atoms with van der Waals surface area (Å²) < 4.78 is 11.1. The molecule has 0 fully saturated rings. The lowest BCUT2D eigenvalue weighted by molar-refractivity contribution is -0.155. The molecule has 0 unspecified atom stereocenters. The van der Waals surface area contributed by atoms with Gasteiger partial charge < -0.3 is 9.16 Å². The van der Waals surface area contributed by atoms with Crippen LogP contribution in [0.2, 0.25) is 18.1 Å². The van der Waals surface area contributed by atoms with Crippen LogP contribution in [0.15, 0.2) is 0 Å². The molecule has 0 aromatic carbocycles. The SMILES string of the molecule is CCOC(=O)C(C)(C)CO[Si](C)(C)C(C)(C)C. The van der Waals surface area contributed by atoms with Gasteiger partial charge in [-0.3, -0.25) is 4.79 Å². The molecule has 0 heterocycles. The monoisotopic (exact) mass is 260 g/mol. The van der Waals surface area contributed by atoms with Crippen LogP contribution in [0.1, 0.15) is 41.5 Å². The maximum Gasteiger partial charge on any atom is 0.313 e. The smallest absolute Gasteiger partial charge is 0.313 e. The minimum Gasteiger partial charge on any atom is -0.466 e. The lowest BCUT2D eigenvalue weighted by Gasteiger charge is -2.38. The summed E-state index contributed by atoms with van der Waals surface area (Å²) in [6.07, 6.45) is 0. The molecule has 0 aliphatic rings. The molecular formula is C13H28O3Si. The number of carbonyl (C=O) groups is 1. The third-order valence-corrected chi connectivity index (χ3v) is 7.91. The molecular weight excluding hydrogens is 232 g/mol. The molecule has 0 saturated carbocycles. The molecule has 0 aromatic rings. The van der Waals surface area contributed by atoms with Crippen LogP contribution in [0.3, 0.4) is 0 Å². The number of rotatable bonds is 5. The van der Waals surface area contributed by atoms with E-state index in [1.807, 2.05) is 20.8 Å². The number of hydrogen-bond acceptors (Lipinski definition) is 3. The first-order valence-corrected chi connectivity index (χ1v) is 9.16. The van der Waals surface area contributed by atoms with Crippen molar-refractivity contribution in [2.45, 2.75) is 59.7 Å². The van der Waals surface area contributed by atoms with Gasteiger partial charge in [-0.25, -0.2) is 0 Å². The summed E-state index contributed by atoms with van der Waals surface area (Å²) in [4.78, 5) is 11.7. The second kappa shape index (κ2) is 5.53. The summed E-state index contributed by atoms with van der Waals surface area (Å²) in [7, 11) is -1.79. The van der Waals surface area contributed by atoms with Crippen molar-refractivity contribution in [3.05, 3.63) is 0 Å². The second-order valence-corrected chi connectivity index (χ2v) is 11.5. The van der Waals surface area contributed by atoms with Crippen LogP contribution in [0.4, 0.5) is 0 Å². The van der Waals surface area contributed by atoms with Gasteiger partial charge in [-0.05, 0) is 38.9 Å². The van der Waals surface area contributed by atoms with Gasteiger partial charge in [-0.15, -0.1) is 0 Å². The lowest BCUT2D eigenvalue weighted by Crippen LogP contribution is -2.44. The van der Waals surface area contributed by atoms with Gasteiger partial charge in [0.2, 0.25) is 0 Å². The van der Waals surface area contributed by atoms with Gasteiger partial charge in [0.15, 0.2) is 8.32 Å². The Kier molecular flexibility index (Phi) is 5.41. The van der Waals surface area contributed by atoms with Crippen molar-refractivity contribution in [2.24, 2.45) is 5.41 Å². The van der Waals surface area contributed by atoms with E-state index in [2.05, 4.69) is 33.9 Å². The molecule has 0 saturated heterocycles. The molecule has 0 aromatic heterocycles. The number of ether oxygens (including phenoxy) is 1. The molecule has 0 aliphatic carbocycles. The van der Waals surface area contributed by atoms with Crippen molar-refractivity contribution < 1.29 is 14.0 Å². The normalized spacial score (nSPS) is 13.6. The highest BCUT2D eigenvalue weighted by Gasteiger charge is 2.40. The van der Waals surface area contributed by atoms with E-state index in [-0.39, 0.29) is 11.0 Å². The van der Waals surface area contributed by atoms with Crippen molar-refractivity contribution >= 4 is 14.3 Å². The second-order valence-electron chi connectivity index (χ2n) is 6.65. The maximum atomic E-state index is 11.7. The zero-order valence-electron chi connectivity index (χ0n) is 12.6. The molecule has 0 rings (SSSR count). The third kappa shape index (κ3) is 4.80. The van der Waals surface area contributed by atoms with E-state index in [1.54, 1.807) is 0 Å². The van der Waals surface area contributed by atoms with Crippen LogP contribution >= 0.6 is 0 Å². The molecule has 0 atom stereocenters. The highest BCUT2D eigenvalue weighted by molar-refractivity contribution is 6.74. The fourth-order valence-electron chi connectivity index (χ4n) is 0.963. The summed E-state index contributed by atoms with van der Waals surface area (Å²) in [5, 5.41) is 0.164. The maximum absolute atomic E-state index is 11.7. The average Bonchev–Trinajstić information content (AvgIpc) is 2.14. The summed E-state index contributed by atoms with van der Waals surface area (Å²) in [6.45, 7) is 17.4. The summed E-state index contributed by atoms with van der Waals surface area (Å²) >= 11 is 0. The highest BCUT2D eigenvalue weighted by Crippen LogP contribution is 2.37. The van der Waals surface area contributed by atoms with E-state index >= 15 is 0 Å². The molecule has 3 nitrogen and oxygen atoms in total. The van der Waals surface area contributed by atoms with E-state index < -0.39 is 13.7 Å². The van der Waals surface area contributed by atoms with Gasteiger partial charge in [-0.2, -0.15) is 0 Å². The first-order chi connectivity index (χ1) is 7.44. The van der Waals surface area contributed by atoms with Gasteiger partial charge >= 0.3 is 5.97 Å². The molecule has 0 N–H and O–H groups in total. The molecule has 102 valence electrons. The molecule has 4 heteroatoms. The Morgan fingerprint density at radius 2 is 1.59 bits per heavy atom. The van der Waals surface area contributed by atoms with Gasteiger partial charge in [0.1, 0.15) is 0 Å². The van der Waals surface area contributed by atoms with Crippen LogP contribution < -0.4 is 0 Å². The van der Waals surface area contributed by atoms with Crippen molar-refractivity contribution in [1.29, 1.82) is 0 Å². The lowest BCUT2D eigenvalue weighted by atomic mass is 9.95. The van der Waals surface area contributed by atoms with Crippen LogP contribution in [0, 0.1) is 5.41 Å². The highest BCUT2D eigenvalue weighted by atomic mass is 28.4. The van der Waals surface area contributed by atoms with E-state index in [0.29, 0.717) is 13.2 Å². The standard InChI is InChI=1S/C13H28O3Si/c1-9-15-11(14)13(5,6)10-16-17(7,8)12(2,3)4/h9-10H2,1-8H3. The Labute approximate surface area is 107 Å². The predicted octanol–water partition coefficient (Wildman–Crippen LogP) is 3.60. The van der Waals surface area contributed by atoms with E-state index in [0.717, 1.165) is 0 Å². The summed E-state index contributed by atoms with van der Waals surface area (Å²) in [6, 6.07) is 0. The molecule has 0 radical (unpaired) electrons. The Morgan fingerprint density at radius 3 is 1.94 bits per heavy atom. The minimum absolute atomic E-state index is 0.164. The van der Waals surface area contributed by atoms with Gasteiger partial charge in [0, 0.05) is 6.61 Å². The molecule has 0 aliphatic heterocycles. The van der Waals surface area contributed by atoms with Crippen LogP contribution in [0.25, 0.3) is 0 Å². The third-order valence-electron chi connectivity index (χ3n) is 3.43. The molecule has 0 bridgehead atoms. The minimum atomic E-state index is -1.79. The zero-order chi connectivity index (χ0) is 13.9. The summed E-state index contributed by atoms with van der Waals surface area (Å²) in [5.74, 6) is -0.182. The molecule has 17 heavy (non-hydrogen) atoms. The fourth-order valence-corrected chi connectivity index (χ4v) is 2.12. The number of esters is 1. The average molecular weight is 260 g/mol. The molecule has 0 amide bonds. The quantitative estimate of drug-likeness (QED) is 0.560. The number of hydrogen-bond donors (Lipinski definition) is 0. The van der Waals surface area contributed by atoms with Crippen molar-refractivity contribution in [2.75, 3.05) is 13.2 Å². The topological polar surface area (TPSA) is 35.5 Å². The van der Waals surface area contributed by atoms with Crippen molar-refractivity contribution in [3.8, 4) is 0 Å². The van der Waals surface area contributed by atoms with Crippen LogP contribution in [-0.4, -0.2) is 27.5 Å².